The molecule has 0 radical (unpaired) electrons. The normalized spacial score (nSPS) is 10.3. The molecule has 0 aliphatic carbocycles. The summed E-state index contributed by atoms with van der Waals surface area (Å²) < 4.78 is 4.73. The van der Waals surface area contributed by atoms with Crippen LogP contribution in [0.3, 0.4) is 0 Å². The zero-order valence-corrected chi connectivity index (χ0v) is 15.1. The average molecular weight is 366 g/mol. The highest BCUT2D eigenvalue weighted by Gasteiger charge is 2.13. The fourth-order valence-corrected chi connectivity index (χ4v) is 3.33. The third kappa shape index (κ3) is 4.34. The van der Waals surface area contributed by atoms with Crippen LogP contribution in [0, 0.1) is 0 Å². The number of ether oxygens (including phenoxy) is 1. The van der Waals surface area contributed by atoms with Crippen molar-refractivity contribution in [1.29, 1.82) is 0 Å². The van der Waals surface area contributed by atoms with Gasteiger partial charge in [0.25, 0.3) is 0 Å². The molecule has 0 atom stereocenters. The molecule has 0 bridgehead atoms. The molecule has 1 amide bonds. The van der Waals surface area contributed by atoms with Crippen molar-refractivity contribution in [3.8, 4) is 10.6 Å². The molecule has 6 heteroatoms. The van der Waals surface area contributed by atoms with Crippen LogP contribution in [0.25, 0.3) is 10.6 Å². The molecule has 0 unspecified atom stereocenters. The average Bonchev–Trinajstić information content (AvgIpc) is 3.16. The lowest BCUT2D eigenvalue weighted by atomic mass is 10.1. The molecule has 0 spiro atoms. The summed E-state index contributed by atoms with van der Waals surface area (Å²) in [6.07, 6.45) is 0.822. The predicted octanol–water partition coefficient (Wildman–Crippen LogP) is 4.17. The number of hydrogen-bond acceptors (Lipinski definition) is 5. The third-order valence-corrected chi connectivity index (χ3v) is 4.73. The van der Waals surface area contributed by atoms with Crippen molar-refractivity contribution in [2.24, 2.45) is 0 Å². The van der Waals surface area contributed by atoms with Gasteiger partial charge in [0, 0.05) is 17.4 Å². The molecule has 26 heavy (non-hydrogen) atoms. The van der Waals surface area contributed by atoms with Crippen molar-refractivity contribution in [3.63, 3.8) is 0 Å². The Morgan fingerprint density at radius 1 is 1.08 bits per heavy atom. The van der Waals surface area contributed by atoms with Gasteiger partial charge in [0.2, 0.25) is 5.91 Å². The van der Waals surface area contributed by atoms with Crippen molar-refractivity contribution in [2.75, 3.05) is 12.4 Å². The summed E-state index contributed by atoms with van der Waals surface area (Å²) in [7, 11) is 1.31. The van der Waals surface area contributed by atoms with E-state index in [1.54, 1.807) is 35.6 Å². The monoisotopic (exact) mass is 366 g/mol. The summed E-state index contributed by atoms with van der Waals surface area (Å²) in [6, 6.07) is 16.7. The van der Waals surface area contributed by atoms with Crippen LogP contribution in [-0.2, 0) is 16.0 Å². The first-order valence-corrected chi connectivity index (χ1v) is 9.02. The maximum atomic E-state index is 12.2. The lowest BCUT2D eigenvalue weighted by molar-refractivity contribution is -0.116. The molecule has 2 aromatic carbocycles. The van der Waals surface area contributed by atoms with E-state index in [9.17, 15) is 9.59 Å². The zero-order valence-electron chi connectivity index (χ0n) is 14.3. The van der Waals surface area contributed by atoms with Gasteiger partial charge in [-0.2, -0.15) is 0 Å². The topological polar surface area (TPSA) is 68.3 Å². The number of anilines is 1. The number of rotatable bonds is 6. The number of aromatic nitrogens is 1. The van der Waals surface area contributed by atoms with Crippen molar-refractivity contribution >= 4 is 28.9 Å². The second-order valence-electron chi connectivity index (χ2n) is 5.60. The first-order valence-electron chi connectivity index (χ1n) is 8.14. The maximum Gasteiger partial charge on any atom is 0.339 e. The number of methoxy groups -OCH3 is 1. The van der Waals surface area contributed by atoms with E-state index >= 15 is 0 Å². The van der Waals surface area contributed by atoms with Crippen molar-refractivity contribution in [2.45, 2.75) is 12.8 Å². The van der Waals surface area contributed by atoms with E-state index in [0.717, 1.165) is 16.3 Å². The van der Waals surface area contributed by atoms with Crippen LogP contribution in [0.5, 0.6) is 0 Å². The molecule has 1 N–H and O–H groups in total. The minimum atomic E-state index is -0.479. The second-order valence-corrected chi connectivity index (χ2v) is 6.45. The lowest BCUT2D eigenvalue weighted by Crippen LogP contribution is -2.15. The number of nitrogens with zero attached hydrogens (tertiary/aromatic N) is 1. The molecular formula is C20H18N2O3S. The Balaban J connectivity index is 1.60. The summed E-state index contributed by atoms with van der Waals surface area (Å²) in [6.45, 7) is 0. The molecular weight excluding hydrogens is 348 g/mol. The number of aryl methyl sites for hydroxylation is 1. The molecule has 0 aliphatic rings. The van der Waals surface area contributed by atoms with Gasteiger partial charge < -0.3 is 10.1 Å². The Bertz CT molecular complexity index is 906. The Hall–Kier alpha value is -2.99. The van der Waals surface area contributed by atoms with E-state index < -0.39 is 5.97 Å². The number of hydrogen-bond donors (Lipinski definition) is 1. The SMILES string of the molecule is COC(=O)c1ccccc1NC(=O)CCc1csc(-c2ccccc2)n1. The first-order chi connectivity index (χ1) is 12.7. The van der Waals surface area contributed by atoms with E-state index in [1.807, 2.05) is 35.7 Å². The van der Waals surface area contributed by atoms with Crippen LogP contribution in [-0.4, -0.2) is 24.0 Å². The van der Waals surface area contributed by atoms with E-state index in [2.05, 4.69) is 10.3 Å². The number of carbonyl (C=O) groups is 2. The number of carbonyl (C=O) groups excluding carboxylic acids is 2. The standard InChI is InChI=1S/C20H18N2O3S/c1-25-20(24)16-9-5-6-10-17(16)22-18(23)12-11-15-13-26-19(21-15)14-7-3-2-4-8-14/h2-10,13H,11-12H2,1H3,(H,22,23). The van der Waals surface area contributed by atoms with E-state index in [0.29, 0.717) is 17.7 Å². The van der Waals surface area contributed by atoms with Gasteiger partial charge >= 0.3 is 5.97 Å². The van der Waals surface area contributed by atoms with Gasteiger partial charge in [0.15, 0.2) is 0 Å². The molecule has 5 nitrogen and oxygen atoms in total. The van der Waals surface area contributed by atoms with Gasteiger partial charge in [-0.3, -0.25) is 4.79 Å². The molecule has 0 fully saturated rings. The number of thiazole rings is 1. The third-order valence-electron chi connectivity index (χ3n) is 3.79. The molecule has 0 saturated heterocycles. The Morgan fingerprint density at radius 3 is 2.58 bits per heavy atom. The molecule has 0 saturated carbocycles. The molecule has 0 aliphatic heterocycles. The van der Waals surface area contributed by atoms with Crippen molar-refractivity contribution < 1.29 is 14.3 Å². The van der Waals surface area contributed by atoms with Crippen molar-refractivity contribution in [1.82, 2.24) is 4.98 Å². The second kappa shape index (κ2) is 8.40. The van der Waals surface area contributed by atoms with E-state index in [-0.39, 0.29) is 12.3 Å². The number of nitrogens with one attached hydrogen (secondary N) is 1. The summed E-state index contributed by atoms with van der Waals surface area (Å²) in [5.74, 6) is -0.650. The van der Waals surface area contributed by atoms with Gasteiger partial charge in [0.1, 0.15) is 5.01 Å². The summed E-state index contributed by atoms with van der Waals surface area (Å²) in [5, 5.41) is 5.68. The van der Waals surface area contributed by atoms with Gasteiger partial charge in [0.05, 0.1) is 24.1 Å². The highest BCUT2D eigenvalue weighted by molar-refractivity contribution is 7.13. The predicted molar refractivity (Wildman–Crippen MR) is 102 cm³/mol. The number of amides is 1. The van der Waals surface area contributed by atoms with Crippen LogP contribution >= 0.6 is 11.3 Å². The van der Waals surface area contributed by atoms with E-state index in [1.165, 1.54) is 7.11 Å². The van der Waals surface area contributed by atoms with Crippen LogP contribution in [0.15, 0.2) is 60.0 Å². The van der Waals surface area contributed by atoms with Crippen LogP contribution in [0.1, 0.15) is 22.5 Å². The summed E-state index contributed by atoms with van der Waals surface area (Å²) in [5.41, 5.74) is 2.74. The number of para-hydroxylation sites is 1. The summed E-state index contributed by atoms with van der Waals surface area (Å²) in [4.78, 5) is 28.6. The Kier molecular flexibility index (Phi) is 5.76. The zero-order chi connectivity index (χ0) is 18.4. The fourth-order valence-electron chi connectivity index (χ4n) is 2.47. The smallest absolute Gasteiger partial charge is 0.339 e. The fraction of sp³-hybridized carbons (Fsp3) is 0.150. The Labute approximate surface area is 155 Å². The highest BCUT2D eigenvalue weighted by atomic mass is 32.1. The van der Waals surface area contributed by atoms with Crippen LogP contribution in [0.2, 0.25) is 0 Å². The van der Waals surface area contributed by atoms with Gasteiger partial charge in [-0.05, 0) is 18.6 Å². The molecule has 3 rings (SSSR count). The van der Waals surface area contributed by atoms with Gasteiger partial charge in [-0.25, -0.2) is 9.78 Å². The largest absolute Gasteiger partial charge is 0.465 e. The number of esters is 1. The first kappa shape index (κ1) is 17.8. The Morgan fingerprint density at radius 2 is 1.81 bits per heavy atom. The van der Waals surface area contributed by atoms with Gasteiger partial charge in [-0.15, -0.1) is 11.3 Å². The number of benzene rings is 2. The lowest BCUT2D eigenvalue weighted by Gasteiger charge is -2.09. The van der Waals surface area contributed by atoms with Crippen LogP contribution in [0.4, 0.5) is 5.69 Å². The van der Waals surface area contributed by atoms with E-state index in [4.69, 9.17) is 4.74 Å². The summed E-state index contributed by atoms with van der Waals surface area (Å²) >= 11 is 1.56. The quantitative estimate of drug-likeness (QED) is 0.665. The molecule has 3 aromatic rings. The molecule has 1 aromatic heterocycles. The highest BCUT2D eigenvalue weighted by Crippen LogP contribution is 2.24. The molecule has 1 heterocycles. The van der Waals surface area contributed by atoms with Crippen molar-refractivity contribution in [3.05, 3.63) is 71.2 Å². The van der Waals surface area contributed by atoms with Crippen LogP contribution < -0.4 is 5.32 Å². The molecule has 132 valence electrons. The minimum Gasteiger partial charge on any atom is -0.465 e. The maximum absolute atomic E-state index is 12.2. The minimum absolute atomic E-state index is 0.171. The van der Waals surface area contributed by atoms with Gasteiger partial charge in [-0.1, -0.05) is 42.5 Å².